The van der Waals surface area contributed by atoms with Gasteiger partial charge in [0, 0.05) is 5.02 Å². The van der Waals surface area contributed by atoms with Gasteiger partial charge in [-0.25, -0.2) is 4.90 Å². The Bertz CT molecular complexity index is 1100. The number of halogens is 1. The van der Waals surface area contributed by atoms with Crippen molar-refractivity contribution in [2.75, 3.05) is 4.90 Å². The minimum atomic E-state index is -0.940. The van der Waals surface area contributed by atoms with Crippen LogP contribution in [0.1, 0.15) is 12.0 Å². The number of rotatable bonds is 4. The van der Waals surface area contributed by atoms with Crippen molar-refractivity contribution in [3.05, 3.63) is 82.2 Å². The normalized spacial score (nSPS) is 21.0. The number of hydrogen-bond donors (Lipinski definition) is 0. The standard InChI is InChI=1S/C22H15ClN2O3S2/c23-15-9-11-16(12-10-15)24-19(26)13-17(20(24)27)25-21(28)18(30-22(25)29)8-4-7-14-5-2-1-3-6-14/h1-12,17H,13H2/b7-4+,18-8-. The van der Waals surface area contributed by atoms with Gasteiger partial charge in [0.2, 0.25) is 5.91 Å². The molecule has 0 aromatic heterocycles. The maximum absolute atomic E-state index is 13.0. The van der Waals surface area contributed by atoms with Crippen molar-refractivity contribution in [2.45, 2.75) is 12.5 Å². The van der Waals surface area contributed by atoms with Crippen molar-refractivity contribution >= 4 is 69.4 Å². The van der Waals surface area contributed by atoms with Crippen molar-refractivity contribution in [2.24, 2.45) is 0 Å². The van der Waals surface area contributed by atoms with E-state index in [9.17, 15) is 14.4 Å². The largest absolute Gasteiger partial charge is 0.280 e. The number of nitrogens with zero attached hydrogens (tertiary/aromatic N) is 2. The molecule has 2 aromatic carbocycles. The van der Waals surface area contributed by atoms with Gasteiger partial charge in [0.25, 0.3) is 11.8 Å². The minimum Gasteiger partial charge on any atom is -0.280 e. The van der Waals surface area contributed by atoms with E-state index in [0.717, 1.165) is 22.2 Å². The van der Waals surface area contributed by atoms with Crippen LogP contribution in [0.5, 0.6) is 0 Å². The molecule has 0 spiro atoms. The molecule has 2 heterocycles. The first-order valence-electron chi connectivity index (χ1n) is 9.07. The molecule has 2 fully saturated rings. The summed E-state index contributed by atoms with van der Waals surface area (Å²) < 4.78 is 0.267. The van der Waals surface area contributed by atoms with Crippen LogP contribution in [0.3, 0.4) is 0 Å². The molecule has 8 heteroatoms. The van der Waals surface area contributed by atoms with Crippen LogP contribution >= 0.6 is 35.6 Å². The van der Waals surface area contributed by atoms with Crippen LogP contribution in [0, 0.1) is 0 Å². The molecule has 150 valence electrons. The number of thiocarbonyl (C=S) groups is 1. The number of thioether (sulfide) groups is 1. The van der Waals surface area contributed by atoms with Crippen LogP contribution in [-0.4, -0.2) is 33.0 Å². The number of hydrogen-bond acceptors (Lipinski definition) is 5. The van der Waals surface area contributed by atoms with Crippen LogP contribution in [0.2, 0.25) is 5.02 Å². The van der Waals surface area contributed by atoms with Gasteiger partial charge in [0.05, 0.1) is 17.0 Å². The highest BCUT2D eigenvalue weighted by Gasteiger charge is 2.48. The second-order valence-electron chi connectivity index (χ2n) is 6.61. The van der Waals surface area contributed by atoms with Gasteiger partial charge < -0.3 is 0 Å². The fraction of sp³-hybridized carbons (Fsp3) is 0.0909. The Morgan fingerprint density at radius 3 is 2.43 bits per heavy atom. The maximum Gasteiger partial charge on any atom is 0.266 e. The summed E-state index contributed by atoms with van der Waals surface area (Å²) in [6.07, 6.45) is 5.20. The smallest absolute Gasteiger partial charge is 0.266 e. The molecule has 0 N–H and O–H groups in total. The van der Waals surface area contributed by atoms with Gasteiger partial charge in [-0.05, 0) is 35.9 Å². The summed E-state index contributed by atoms with van der Waals surface area (Å²) in [4.78, 5) is 41.1. The fourth-order valence-electron chi connectivity index (χ4n) is 3.25. The summed E-state index contributed by atoms with van der Waals surface area (Å²) in [6, 6.07) is 15.1. The van der Waals surface area contributed by atoms with Crippen molar-refractivity contribution < 1.29 is 14.4 Å². The quantitative estimate of drug-likeness (QED) is 0.388. The zero-order chi connectivity index (χ0) is 21.3. The number of benzene rings is 2. The predicted molar refractivity (Wildman–Crippen MR) is 123 cm³/mol. The molecule has 0 radical (unpaired) electrons. The van der Waals surface area contributed by atoms with Gasteiger partial charge in [-0.3, -0.25) is 19.3 Å². The van der Waals surface area contributed by atoms with Gasteiger partial charge in [0.1, 0.15) is 10.4 Å². The average Bonchev–Trinajstić information content (AvgIpc) is 3.18. The van der Waals surface area contributed by atoms with Gasteiger partial charge in [-0.2, -0.15) is 0 Å². The molecule has 2 aliphatic heterocycles. The first-order valence-corrected chi connectivity index (χ1v) is 10.7. The number of anilines is 1. The van der Waals surface area contributed by atoms with Crippen molar-refractivity contribution in [3.8, 4) is 0 Å². The molecule has 2 saturated heterocycles. The molecule has 4 rings (SSSR count). The highest BCUT2D eigenvalue weighted by atomic mass is 35.5. The first-order chi connectivity index (χ1) is 14.5. The van der Waals surface area contributed by atoms with E-state index < -0.39 is 11.9 Å². The Morgan fingerprint density at radius 2 is 1.73 bits per heavy atom. The van der Waals surface area contributed by atoms with Gasteiger partial charge in [-0.1, -0.05) is 78.1 Å². The topological polar surface area (TPSA) is 57.7 Å². The number of amides is 3. The minimum absolute atomic E-state index is 0.110. The molecule has 2 aromatic rings. The van der Waals surface area contributed by atoms with Gasteiger partial charge in [0.15, 0.2) is 0 Å². The van der Waals surface area contributed by atoms with E-state index in [1.54, 1.807) is 36.4 Å². The highest BCUT2D eigenvalue weighted by molar-refractivity contribution is 8.26. The van der Waals surface area contributed by atoms with Crippen LogP contribution in [0.4, 0.5) is 5.69 Å². The molecule has 3 amide bonds. The molecule has 0 saturated carbocycles. The van der Waals surface area contributed by atoms with Crippen molar-refractivity contribution in [1.82, 2.24) is 4.90 Å². The molecule has 1 atom stereocenters. The average molecular weight is 455 g/mol. The van der Waals surface area contributed by atoms with E-state index in [-0.39, 0.29) is 22.6 Å². The van der Waals surface area contributed by atoms with E-state index in [1.807, 2.05) is 36.4 Å². The second kappa shape index (κ2) is 8.55. The van der Waals surface area contributed by atoms with Crippen molar-refractivity contribution in [3.63, 3.8) is 0 Å². The van der Waals surface area contributed by atoms with Crippen LogP contribution in [-0.2, 0) is 14.4 Å². The molecule has 5 nitrogen and oxygen atoms in total. The zero-order valence-electron chi connectivity index (χ0n) is 15.5. The molecule has 30 heavy (non-hydrogen) atoms. The van der Waals surface area contributed by atoms with Gasteiger partial charge >= 0.3 is 0 Å². The Labute approximate surface area is 188 Å². The summed E-state index contributed by atoms with van der Waals surface area (Å²) >= 11 is 12.4. The molecular weight excluding hydrogens is 440 g/mol. The predicted octanol–water partition coefficient (Wildman–Crippen LogP) is 4.43. The number of carbonyl (C=O) groups is 3. The summed E-state index contributed by atoms with van der Waals surface area (Å²) in [5, 5.41) is 0.500. The number of imide groups is 1. The molecule has 1 unspecified atom stereocenters. The Hall–Kier alpha value is -2.74. The van der Waals surface area contributed by atoms with Gasteiger partial charge in [-0.15, -0.1) is 0 Å². The Morgan fingerprint density at radius 1 is 1.03 bits per heavy atom. The lowest BCUT2D eigenvalue weighted by molar-refractivity contribution is -0.130. The lowest BCUT2D eigenvalue weighted by Crippen LogP contribution is -2.44. The van der Waals surface area contributed by atoms with Crippen LogP contribution < -0.4 is 4.90 Å². The number of allylic oxidation sites excluding steroid dienone is 2. The Kier molecular flexibility index (Phi) is 5.85. The van der Waals surface area contributed by atoms with E-state index in [4.69, 9.17) is 23.8 Å². The summed E-state index contributed by atoms with van der Waals surface area (Å²) in [5.74, 6) is -1.22. The van der Waals surface area contributed by atoms with E-state index in [2.05, 4.69) is 0 Å². The van der Waals surface area contributed by atoms with E-state index in [1.165, 1.54) is 4.90 Å². The fourth-order valence-corrected chi connectivity index (χ4v) is 4.69. The molecule has 0 bridgehead atoms. The number of carbonyl (C=O) groups excluding carboxylic acids is 3. The molecule has 2 aliphatic rings. The van der Waals surface area contributed by atoms with E-state index in [0.29, 0.717) is 15.6 Å². The molecule has 0 aliphatic carbocycles. The third-order valence-corrected chi connectivity index (χ3v) is 6.28. The summed E-state index contributed by atoms with van der Waals surface area (Å²) in [6.45, 7) is 0. The second-order valence-corrected chi connectivity index (χ2v) is 8.72. The molecular formula is C22H15ClN2O3S2. The first kappa shape index (κ1) is 20.5. The SMILES string of the molecule is O=C1CC(N2C(=O)/C(=C/C=C/c3ccccc3)SC2=S)C(=O)N1c1ccc(Cl)cc1. The third kappa shape index (κ3) is 3.96. The van der Waals surface area contributed by atoms with Crippen LogP contribution in [0.15, 0.2) is 71.7 Å². The lowest BCUT2D eigenvalue weighted by atomic mass is 10.2. The highest BCUT2D eigenvalue weighted by Crippen LogP contribution is 2.36. The Balaban J connectivity index is 1.53. The van der Waals surface area contributed by atoms with Crippen LogP contribution in [0.25, 0.3) is 6.08 Å². The lowest BCUT2D eigenvalue weighted by Gasteiger charge is -2.21. The van der Waals surface area contributed by atoms with Crippen molar-refractivity contribution in [1.29, 1.82) is 0 Å². The monoisotopic (exact) mass is 454 g/mol. The summed E-state index contributed by atoms with van der Waals surface area (Å²) in [5.41, 5.74) is 1.42. The third-order valence-electron chi connectivity index (χ3n) is 4.68. The van der Waals surface area contributed by atoms with E-state index >= 15 is 0 Å². The maximum atomic E-state index is 13.0. The summed E-state index contributed by atoms with van der Waals surface area (Å²) in [7, 11) is 0. The zero-order valence-corrected chi connectivity index (χ0v) is 17.9.